The zero-order valence-corrected chi connectivity index (χ0v) is 18.3. The minimum absolute atomic E-state index is 0.157. The van der Waals surface area contributed by atoms with Crippen molar-refractivity contribution in [2.75, 3.05) is 23.1 Å². The average molecular weight is 483 g/mol. The third kappa shape index (κ3) is 5.14. The van der Waals surface area contributed by atoms with Gasteiger partial charge in [-0.25, -0.2) is 14.8 Å². The number of amides is 1. The van der Waals surface area contributed by atoms with Gasteiger partial charge in [0.05, 0.1) is 12.6 Å². The van der Waals surface area contributed by atoms with E-state index in [1.807, 2.05) is 24.3 Å². The fourth-order valence-corrected chi connectivity index (χ4v) is 3.70. The van der Waals surface area contributed by atoms with E-state index in [2.05, 4.69) is 15.4 Å². The van der Waals surface area contributed by atoms with Gasteiger partial charge in [0, 0.05) is 18.4 Å². The molecule has 35 heavy (non-hydrogen) atoms. The van der Waals surface area contributed by atoms with Crippen LogP contribution in [0.5, 0.6) is 0 Å². The van der Waals surface area contributed by atoms with Crippen molar-refractivity contribution in [3.8, 4) is 6.07 Å². The van der Waals surface area contributed by atoms with Gasteiger partial charge in [-0.3, -0.25) is 4.79 Å². The SMILES string of the molecule is N#CCNN(c1nc(N2CCc3ccccc32)ncc1C(N)=O)N(Cc1ccc(F)cc1)N(F)F. The molecule has 0 radical (unpaired) electrons. The Morgan fingerprint density at radius 1 is 1.20 bits per heavy atom. The Hall–Kier alpha value is -4.25. The number of carbonyl (C=O) groups excluding carboxylic acids is 1. The topological polar surface area (TPSA) is 118 Å². The third-order valence-electron chi connectivity index (χ3n) is 5.30. The summed E-state index contributed by atoms with van der Waals surface area (Å²) in [6.07, 6.45) is 1.88. The highest BCUT2D eigenvalue weighted by molar-refractivity contribution is 5.97. The number of primary amides is 1. The number of benzene rings is 2. The van der Waals surface area contributed by atoms with E-state index in [4.69, 9.17) is 11.0 Å². The number of nitrogens with two attached hydrogens (primary N) is 1. The second kappa shape index (κ2) is 10.3. The van der Waals surface area contributed by atoms with Crippen LogP contribution in [0.3, 0.4) is 0 Å². The smallest absolute Gasteiger partial charge is 0.254 e. The minimum atomic E-state index is -1.24. The summed E-state index contributed by atoms with van der Waals surface area (Å²) in [4.78, 5) is 22.6. The molecule has 0 saturated heterocycles. The van der Waals surface area contributed by atoms with Gasteiger partial charge < -0.3 is 10.6 Å². The number of aromatic nitrogens is 2. The number of hydrogen-bond acceptors (Lipinski definition) is 9. The summed E-state index contributed by atoms with van der Waals surface area (Å²) in [7, 11) is 0. The van der Waals surface area contributed by atoms with Gasteiger partial charge >= 0.3 is 0 Å². The van der Waals surface area contributed by atoms with E-state index in [0.29, 0.717) is 17.2 Å². The van der Waals surface area contributed by atoms with Crippen molar-refractivity contribution in [3.05, 3.63) is 77.2 Å². The molecule has 0 unspecified atom stereocenters. The van der Waals surface area contributed by atoms with Crippen LogP contribution in [0.25, 0.3) is 0 Å². The zero-order chi connectivity index (χ0) is 24.9. The quantitative estimate of drug-likeness (QED) is 0.269. The number of hydrazine groups is 3. The molecule has 3 N–H and O–H groups in total. The highest BCUT2D eigenvalue weighted by Crippen LogP contribution is 2.33. The maximum absolute atomic E-state index is 14.1. The van der Waals surface area contributed by atoms with Crippen LogP contribution >= 0.6 is 0 Å². The number of nitriles is 1. The van der Waals surface area contributed by atoms with Crippen molar-refractivity contribution in [2.45, 2.75) is 13.0 Å². The summed E-state index contributed by atoms with van der Waals surface area (Å²) in [6, 6.07) is 14.3. The number of nitrogens with zero attached hydrogens (tertiary/aromatic N) is 7. The number of rotatable bonds is 9. The van der Waals surface area contributed by atoms with Crippen molar-refractivity contribution < 1.29 is 18.1 Å². The molecule has 4 rings (SSSR count). The van der Waals surface area contributed by atoms with Crippen molar-refractivity contribution in [1.29, 1.82) is 5.26 Å². The first-order valence-corrected chi connectivity index (χ1v) is 10.5. The van der Waals surface area contributed by atoms with Crippen molar-refractivity contribution in [1.82, 2.24) is 26.0 Å². The van der Waals surface area contributed by atoms with Gasteiger partial charge in [0.2, 0.25) is 5.95 Å². The van der Waals surface area contributed by atoms with Crippen LogP contribution < -0.4 is 21.2 Å². The number of fused-ring (bicyclic) bond motifs is 1. The van der Waals surface area contributed by atoms with E-state index in [-0.39, 0.29) is 17.3 Å². The molecule has 0 bridgehead atoms. The molecule has 0 atom stereocenters. The molecule has 3 aromatic rings. The molecule has 0 saturated carbocycles. The van der Waals surface area contributed by atoms with Gasteiger partial charge in [-0.05, 0) is 35.7 Å². The van der Waals surface area contributed by atoms with Crippen LogP contribution in [-0.2, 0) is 13.0 Å². The predicted octanol–water partition coefficient (Wildman–Crippen LogP) is 2.65. The fourth-order valence-electron chi connectivity index (χ4n) is 3.70. The Morgan fingerprint density at radius 3 is 2.63 bits per heavy atom. The van der Waals surface area contributed by atoms with E-state index < -0.39 is 30.3 Å². The normalized spacial score (nSPS) is 12.6. The van der Waals surface area contributed by atoms with E-state index in [0.717, 1.165) is 41.1 Å². The first-order valence-electron chi connectivity index (χ1n) is 10.5. The second-order valence-corrected chi connectivity index (χ2v) is 7.48. The summed E-state index contributed by atoms with van der Waals surface area (Å²) in [5, 5.41) is 10.2. The molecule has 1 aliphatic heterocycles. The lowest BCUT2D eigenvalue weighted by Gasteiger charge is -2.34. The van der Waals surface area contributed by atoms with Gasteiger partial charge in [0.25, 0.3) is 5.91 Å². The standard InChI is InChI=1S/C22H20F3N9O/c23-17-7-5-15(6-8-17)14-32(34(24)25)33(29-11-10-26)21-18(20(27)35)13-28-22(30-21)31-12-9-16-3-1-2-4-19(16)31/h1-8,13,29H,9,11-12,14H2,(H2,27,35). The maximum Gasteiger partial charge on any atom is 0.254 e. The number of carbonyl (C=O) groups is 1. The van der Waals surface area contributed by atoms with E-state index in [9.17, 15) is 18.1 Å². The first kappa shape index (κ1) is 23.9. The third-order valence-corrected chi connectivity index (χ3v) is 5.30. The van der Waals surface area contributed by atoms with Crippen molar-refractivity contribution in [2.24, 2.45) is 5.73 Å². The Morgan fingerprint density at radius 2 is 1.94 bits per heavy atom. The second-order valence-electron chi connectivity index (χ2n) is 7.48. The summed E-state index contributed by atoms with van der Waals surface area (Å²) in [6.45, 7) is -0.328. The molecule has 1 amide bonds. The summed E-state index contributed by atoms with van der Waals surface area (Å²) in [5.74, 6) is -1.61. The summed E-state index contributed by atoms with van der Waals surface area (Å²) < 4.78 is 41.5. The van der Waals surface area contributed by atoms with E-state index >= 15 is 0 Å². The van der Waals surface area contributed by atoms with Crippen LogP contribution in [0.4, 0.5) is 30.8 Å². The Balaban J connectivity index is 1.78. The zero-order valence-electron chi connectivity index (χ0n) is 18.3. The highest BCUT2D eigenvalue weighted by atomic mass is 19.4. The van der Waals surface area contributed by atoms with Gasteiger partial charge in [0.15, 0.2) is 5.82 Å². The number of hydrogen-bond donors (Lipinski definition) is 2. The van der Waals surface area contributed by atoms with Gasteiger partial charge in [0.1, 0.15) is 23.4 Å². The van der Waals surface area contributed by atoms with Gasteiger partial charge in [-0.1, -0.05) is 44.4 Å². The lowest BCUT2D eigenvalue weighted by Crippen LogP contribution is -2.55. The average Bonchev–Trinajstić information content (AvgIpc) is 3.28. The Labute approximate surface area is 198 Å². The molecule has 1 aliphatic rings. The number of para-hydroxylation sites is 1. The molecule has 0 fully saturated rings. The lowest BCUT2D eigenvalue weighted by atomic mass is 10.2. The molecule has 1 aromatic heterocycles. The van der Waals surface area contributed by atoms with Crippen LogP contribution in [-0.4, -0.2) is 39.5 Å². The molecule has 0 spiro atoms. The molecule has 180 valence electrons. The Bertz CT molecular complexity index is 1250. The molecule has 0 aliphatic carbocycles. The monoisotopic (exact) mass is 483 g/mol. The van der Waals surface area contributed by atoms with Crippen LogP contribution in [0, 0.1) is 17.1 Å². The number of halogens is 3. The molecule has 10 nitrogen and oxygen atoms in total. The predicted molar refractivity (Wildman–Crippen MR) is 120 cm³/mol. The van der Waals surface area contributed by atoms with Crippen LogP contribution in [0.1, 0.15) is 21.5 Å². The highest BCUT2D eigenvalue weighted by Gasteiger charge is 2.31. The van der Waals surface area contributed by atoms with Crippen LogP contribution in [0.2, 0.25) is 0 Å². The summed E-state index contributed by atoms with van der Waals surface area (Å²) in [5.41, 5.74) is 8.74. The maximum atomic E-state index is 14.1. The van der Waals surface area contributed by atoms with E-state index in [1.54, 1.807) is 11.0 Å². The molecule has 13 heteroatoms. The van der Waals surface area contributed by atoms with Gasteiger partial charge in [-0.2, -0.15) is 15.4 Å². The molecule has 2 aromatic carbocycles. The first-order chi connectivity index (χ1) is 16.9. The molecular formula is C22H20F3N9O. The Kier molecular flexibility index (Phi) is 7.06. The van der Waals surface area contributed by atoms with Crippen LogP contribution in [0.15, 0.2) is 54.7 Å². The molecule has 2 heterocycles. The molecular weight excluding hydrogens is 463 g/mol. The van der Waals surface area contributed by atoms with Crippen molar-refractivity contribution in [3.63, 3.8) is 0 Å². The fraction of sp³-hybridized carbons (Fsp3) is 0.182. The lowest BCUT2D eigenvalue weighted by molar-refractivity contribution is -0.313. The van der Waals surface area contributed by atoms with Gasteiger partial charge in [-0.15, -0.1) is 0 Å². The number of nitrogens with one attached hydrogen (secondary N) is 1. The van der Waals surface area contributed by atoms with Crippen molar-refractivity contribution >= 4 is 23.4 Å². The summed E-state index contributed by atoms with van der Waals surface area (Å²) >= 11 is 0. The van der Waals surface area contributed by atoms with E-state index in [1.165, 1.54) is 12.1 Å². The number of anilines is 3. The minimum Gasteiger partial charge on any atom is -0.365 e. The largest absolute Gasteiger partial charge is 0.365 e.